The lowest BCUT2D eigenvalue weighted by atomic mass is 9.54. The molecule has 1 unspecified atom stereocenters. The fraction of sp³-hybridized carbons (Fsp3) is 0.826. The summed E-state index contributed by atoms with van der Waals surface area (Å²) in [6, 6.07) is 0. The Kier molecular flexibility index (Phi) is 3.96. The van der Waals surface area contributed by atoms with Crippen LogP contribution in [0.1, 0.15) is 74.1 Å². The van der Waals surface area contributed by atoms with Gasteiger partial charge in [0.2, 0.25) is 0 Å². The first-order valence-corrected chi connectivity index (χ1v) is 10.5. The third-order valence-corrected chi connectivity index (χ3v) is 8.03. The lowest BCUT2D eigenvalue weighted by molar-refractivity contribution is -0.173. The van der Waals surface area contributed by atoms with Crippen LogP contribution in [-0.2, 0) is 19.1 Å². The minimum absolute atomic E-state index is 0.0195. The maximum Gasteiger partial charge on any atom is 0.164 e. The SMILES string of the molecule is CC(C)[C@]12CC(=O)C3=C([C@H]1OC(C)(C)O2)[C@H](C=O)C1C(C)(C)CCC[C@]31C. The van der Waals surface area contributed by atoms with Crippen LogP contribution >= 0.6 is 0 Å². The zero-order chi connectivity index (χ0) is 20.0. The molecule has 0 aromatic heterocycles. The number of ketones is 1. The lowest BCUT2D eigenvalue weighted by Crippen LogP contribution is -2.52. The second-order valence-corrected chi connectivity index (χ2v) is 10.9. The Morgan fingerprint density at radius 3 is 2.37 bits per heavy atom. The second kappa shape index (κ2) is 5.54. The van der Waals surface area contributed by atoms with E-state index in [2.05, 4.69) is 34.6 Å². The highest BCUT2D eigenvalue weighted by molar-refractivity contribution is 6.01. The van der Waals surface area contributed by atoms with Crippen molar-refractivity contribution in [2.75, 3.05) is 0 Å². The van der Waals surface area contributed by atoms with Crippen LogP contribution in [0.5, 0.6) is 0 Å². The number of hydrogen-bond acceptors (Lipinski definition) is 4. The summed E-state index contributed by atoms with van der Waals surface area (Å²) in [5.41, 5.74) is 0.960. The summed E-state index contributed by atoms with van der Waals surface area (Å²) in [4.78, 5) is 26.0. The van der Waals surface area contributed by atoms with Gasteiger partial charge in [-0.2, -0.15) is 0 Å². The molecule has 4 rings (SSSR count). The highest BCUT2D eigenvalue weighted by Crippen LogP contribution is 2.67. The summed E-state index contributed by atoms with van der Waals surface area (Å²) in [6.45, 7) is 14.8. The molecule has 1 heterocycles. The van der Waals surface area contributed by atoms with Gasteiger partial charge in [-0.25, -0.2) is 0 Å². The quantitative estimate of drug-likeness (QED) is 0.670. The Morgan fingerprint density at radius 1 is 1.11 bits per heavy atom. The fourth-order valence-electron chi connectivity index (χ4n) is 7.20. The highest BCUT2D eigenvalue weighted by Gasteiger charge is 2.68. The first-order valence-electron chi connectivity index (χ1n) is 10.5. The zero-order valence-electron chi connectivity index (χ0n) is 17.8. The number of aldehydes is 1. The molecule has 0 radical (unpaired) electrons. The molecular weight excluding hydrogens is 340 g/mol. The lowest BCUT2D eigenvalue weighted by Gasteiger charge is -2.49. The summed E-state index contributed by atoms with van der Waals surface area (Å²) in [7, 11) is 0. The van der Waals surface area contributed by atoms with Crippen molar-refractivity contribution in [1.29, 1.82) is 0 Å². The average molecular weight is 375 g/mol. The van der Waals surface area contributed by atoms with Crippen molar-refractivity contribution < 1.29 is 19.1 Å². The molecule has 4 heteroatoms. The van der Waals surface area contributed by atoms with Gasteiger partial charge >= 0.3 is 0 Å². The van der Waals surface area contributed by atoms with Crippen LogP contribution < -0.4 is 0 Å². The van der Waals surface area contributed by atoms with E-state index in [0.29, 0.717) is 6.42 Å². The van der Waals surface area contributed by atoms with Crippen LogP contribution in [0.3, 0.4) is 0 Å². The van der Waals surface area contributed by atoms with E-state index in [1.807, 2.05) is 13.8 Å². The van der Waals surface area contributed by atoms with Gasteiger partial charge in [-0.3, -0.25) is 4.79 Å². The maximum atomic E-state index is 13.6. The van der Waals surface area contributed by atoms with Gasteiger partial charge in [0.1, 0.15) is 18.0 Å². The molecule has 0 aromatic rings. The van der Waals surface area contributed by atoms with E-state index in [-0.39, 0.29) is 40.5 Å². The van der Waals surface area contributed by atoms with Crippen LogP contribution in [0, 0.1) is 28.6 Å². The van der Waals surface area contributed by atoms with E-state index in [1.54, 1.807) is 0 Å². The standard InChI is InChI=1S/C23H34O4/c1-13(2)23-11-15(25)17-16(19(23)26-21(5,6)27-23)14(12-24)18-20(3,4)9-8-10-22(17,18)7/h12-14,18-19H,8-11H2,1-7H3/t14-,18?,19+,22+,23+/m0/s1. The Morgan fingerprint density at radius 2 is 1.78 bits per heavy atom. The van der Waals surface area contributed by atoms with Gasteiger partial charge in [0.15, 0.2) is 11.6 Å². The van der Waals surface area contributed by atoms with E-state index in [4.69, 9.17) is 9.47 Å². The predicted molar refractivity (Wildman–Crippen MR) is 103 cm³/mol. The highest BCUT2D eigenvalue weighted by atomic mass is 16.8. The molecule has 150 valence electrons. The van der Waals surface area contributed by atoms with Gasteiger partial charge < -0.3 is 14.3 Å². The molecule has 0 aromatic carbocycles. The monoisotopic (exact) mass is 374 g/mol. The van der Waals surface area contributed by atoms with E-state index in [0.717, 1.165) is 36.7 Å². The van der Waals surface area contributed by atoms with Crippen molar-refractivity contribution in [3.05, 3.63) is 11.1 Å². The summed E-state index contributed by atoms with van der Waals surface area (Å²) in [5.74, 6) is -0.565. The van der Waals surface area contributed by atoms with Gasteiger partial charge in [-0.05, 0) is 49.5 Å². The molecule has 5 atom stereocenters. The number of Topliss-reactive ketones (excluding diaryl/α,β-unsaturated/α-hetero) is 1. The summed E-state index contributed by atoms with van der Waals surface area (Å²) >= 11 is 0. The summed E-state index contributed by atoms with van der Waals surface area (Å²) < 4.78 is 12.9. The third-order valence-electron chi connectivity index (χ3n) is 8.03. The van der Waals surface area contributed by atoms with Gasteiger partial charge in [0.05, 0.1) is 0 Å². The molecule has 4 aliphatic rings. The Bertz CT molecular complexity index is 731. The average Bonchev–Trinajstić information content (AvgIpc) is 2.96. The van der Waals surface area contributed by atoms with Crippen molar-refractivity contribution in [3.8, 4) is 0 Å². The molecular formula is C23H34O4. The molecule has 0 spiro atoms. The number of allylic oxidation sites excluding steroid dienone is 1. The maximum absolute atomic E-state index is 13.6. The van der Waals surface area contributed by atoms with Crippen molar-refractivity contribution in [1.82, 2.24) is 0 Å². The Hall–Kier alpha value is -1.00. The second-order valence-electron chi connectivity index (χ2n) is 10.9. The van der Waals surface area contributed by atoms with E-state index in [1.165, 1.54) is 0 Å². The predicted octanol–water partition coefficient (Wildman–Crippen LogP) is 4.46. The first kappa shape index (κ1) is 19.3. The van der Waals surface area contributed by atoms with Crippen molar-refractivity contribution in [2.24, 2.45) is 28.6 Å². The fourth-order valence-corrected chi connectivity index (χ4v) is 7.20. The van der Waals surface area contributed by atoms with Crippen LogP contribution in [0.25, 0.3) is 0 Å². The van der Waals surface area contributed by atoms with E-state index >= 15 is 0 Å². The van der Waals surface area contributed by atoms with Gasteiger partial charge in [-0.15, -0.1) is 0 Å². The molecule has 0 amide bonds. The molecule has 1 saturated heterocycles. The van der Waals surface area contributed by atoms with Crippen LogP contribution in [0.2, 0.25) is 0 Å². The molecule has 0 N–H and O–H groups in total. The van der Waals surface area contributed by atoms with Crippen molar-refractivity contribution in [2.45, 2.75) is 91.6 Å². The van der Waals surface area contributed by atoms with Crippen molar-refractivity contribution in [3.63, 3.8) is 0 Å². The van der Waals surface area contributed by atoms with Crippen LogP contribution in [-0.4, -0.2) is 29.6 Å². The molecule has 1 saturated carbocycles. The summed E-state index contributed by atoms with van der Waals surface area (Å²) in [6.07, 6.45) is 4.30. The normalized spacial score (nSPS) is 44.9. The van der Waals surface area contributed by atoms with Gasteiger partial charge in [0, 0.05) is 23.3 Å². The minimum Gasteiger partial charge on any atom is -0.340 e. The van der Waals surface area contributed by atoms with Crippen LogP contribution in [0.4, 0.5) is 0 Å². The number of rotatable bonds is 2. The van der Waals surface area contributed by atoms with E-state index < -0.39 is 11.4 Å². The van der Waals surface area contributed by atoms with Gasteiger partial charge in [0.25, 0.3) is 0 Å². The number of fused-ring (bicyclic) bond motifs is 4. The molecule has 4 nitrogen and oxygen atoms in total. The molecule has 3 aliphatic carbocycles. The Balaban J connectivity index is 1.95. The van der Waals surface area contributed by atoms with E-state index in [9.17, 15) is 9.59 Å². The third kappa shape index (κ3) is 2.35. The number of hydrogen-bond donors (Lipinski definition) is 0. The number of carbonyl (C=O) groups excluding carboxylic acids is 2. The van der Waals surface area contributed by atoms with Crippen molar-refractivity contribution >= 4 is 12.1 Å². The summed E-state index contributed by atoms with van der Waals surface area (Å²) in [5, 5.41) is 0. The zero-order valence-corrected chi connectivity index (χ0v) is 17.8. The Labute approximate surface area is 163 Å². The smallest absolute Gasteiger partial charge is 0.164 e. The largest absolute Gasteiger partial charge is 0.340 e. The minimum atomic E-state index is -0.755. The number of ether oxygens (including phenoxy) is 2. The topological polar surface area (TPSA) is 52.6 Å². The molecule has 27 heavy (non-hydrogen) atoms. The van der Waals surface area contributed by atoms with Gasteiger partial charge in [-0.1, -0.05) is 41.0 Å². The molecule has 1 aliphatic heterocycles. The molecule has 2 fully saturated rings. The first-order chi connectivity index (χ1) is 12.4. The van der Waals surface area contributed by atoms with Crippen LogP contribution in [0.15, 0.2) is 11.1 Å². The number of carbonyl (C=O) groups is 2. The molecule has 0 bridgehead atoms.